The van der Waals surface area contributed by atoms with Gasteiger partial charge in [0.05, 0.1) is 5.70 Å². The summed E-state index contributed by atoms with van der Waals surface area (Å²) in [6, 6.07) is 8.22. The van der Waals surface area contributed by atoms with Crippen LogP contribution in [0.4, 0.5) is 0 Å². The number of allylic oxidation sites excluding steroid dienone is 1. The molecule has 17 heavy (non-hydrogen) atoms. The van der Waals surface area contributed by atoms with E-state index in [1.54, 1.807) is 11.8 Å². The molecule has 4 heteroatoms. The number of carbonyl (C=O) groups excluding carboxylic acids is 1. The SMILES string of the molecule is CC1=C(c2ccc(CNC=O)cc2)SCC=N1. The van der Waals surface area contributed by atoms with E-state index in [1.807, 2.05) is 25.3 Å². The van der Waals surface area contributed by atoms with Gasteiger partial charge >= 0.3 is 0 Å². The van der Waals surface area contributed by atoms with Gasteiger partial charge < -0.3 is 5.32 Å². The van der Waals surface area contributed by atoms with Gasteiger partial charge in [-0.1, -0.05) is 24.3 Å². The van der Waals surface area contributed by atoms with Crippen LogP contribution in [0.2, 0.25) is 0 Å². The van der Waals surface area contributed by atoms with Crippen molar-refractivity contribution >= 4 is 29.3 Å². The lowest BCUT2D eigenvalue weighted by Gasteiger charge is -2.12. The summed E-state index contributed by atoms with van der Waals surface area (Å²) in [7, 11) is 0. The van der Waals surface area contributed by atoms with Crippen LogP contribution < -0.4 is 5.32 Å². The number of aliphatic imine (C=N–C) groups is 1. The summed E-state index contributed by atoms with van der Waals surface area (Å²) < 4.78 is 0. The third-order valence-electron chi connectivity index (χ3n) is 2.52. The fraction of sp³-hybridized carbons (Fsp3) is 0.231. The highest BCUT2D eigenvalue weighted by atomic mass is 32.2. The molecule has 2 rings (SSSR count). The molecule has 0 saturated carbocycles. The highest BCUT2D eigenvalue weighted by Crippen LogP contribution is 2.33. The van der Waals surface area contributed by atoms with Gasteiger partial charge in [-0.25, -0.2) is 0 Å². The van der Waals surface area contributed by atoms with Crippen LogP contribution in [0.3, 0.4) is 0 Å². The zero-order valence-electron chi connectivity index (χ0n) is 9.64. The standard InChI is InChI=1S/C13H14N2OS/c1-10-13(17-7-6-15-10)12-4-2-11(3-5-12)8-14-9-16/h2-6,9H,7-8H2,1H3,(H,14,16). The maximum Gasteiger partial charge on any atom is 0.207 e. The summed E-state index contributed by atoms with van der Waals surface area (Å²) in [6.45, 7) is 2.60. The average molecular weight is 246 g/mol. The van der Waals surface area contributed by atoms with E-state index in [4.69, 9.17) is 0 Å². The Bertz CT molecular complexity index is 463. The first-order valence-corrected chi connectivity index (χ1v) is 6.42. The average Bonchev–Trinajstić information content (AvgIpc) is 2.38. The van der Waals surface area contributed by atoms with Crippen LogP contribution in [0.15, 0.2) is 35.0 Å². The Balaban J connectivity index is 2.17. The van der Waals surface area contributed by atoms with Crippen LogP contribution in [0.25, 0.3) is 4.91 Å². The fourth-order valence-electron chi connectivity index (χ4n) is 1.68. The first kappa shape index (κ1) is 11.9. The molecule has 1 heterocycles. The minimum atomic E-state index is 0.576. The Hall–Kier alpha value is -1.55. The van der Waals surface area contributed by atoms with E-state index in [0.29, 0.717) is 13.0 Å². The van der Waals surface area contributed by atoms with E-state index in [2.05, 4.69) is 22.4 Å². The number of thioether (sulfide) groups is 1. The van der Waals surface area contributed by atoms with Crippen LogP contribution >= 0.6 is 11.8 Å². The number of nitrogens with zero attached hydrogens (tertiary/aromatic N) is 1. The minimum absolute atomic E-state index is 0.576. The quantitative estimate of drug-likeness (QED) is 0.829. The largest absolute Gasteiger partial charge is 0.355 e. The van der Waals surface area contributed by atoms with Gasteiger partial charge in [-0.2, -0.15) is 0 Å². The van der Waals surface area contributed by atoms with Crippen molar-refractivity contribution in [2.75, 3.05) is 5.75 Å². The van der Waals surface area contributed by atoms with E-state index in [1.165, 1.54) is 10.5 Å². The molecule has 0 aliphatic carbocycles. The zero-order chi connectivity index (χ0) is 12.1. The Morgan fingerprint density at radius 3 is 2.82 bits per heavy atom. The van der Waals surface area contributed by atoms with Crippen molar-refractivity contribution in [1.82, 2.24) is 5.32 Å². The van der Waals surface area contributed by atoms with Crippen LogP contribution in [-0.2, 0) is 11.3 Å². The normalized spacial score (nSPS) is 14.9. The summed E-state index contributed by atoms with van der Waals surface area (Å²) in [6.07, 6.45) is 2.65. The molecule has 0 unspecified atom stereocenters. The molecular weight excluding hydrogens is 232 g/mol. The Kier molecular flexibility index (Phi) is 3.98. The monoisotopic (exact) mass is 246 g/mol. The second kappa shape index (κ2) is 5.68. The molecule has 1 aromatic carbocycles. The molecule has 1 aromatic rings. The fourth-order valence-corrected chi connectivity index (χ4v) is 2.56. The predicted molar refractivity (Wildman–Crippen MR) is 72.9 cm³/mol. The highest BCUT2D eigenvalue weighted by molar-refractivity contribution is 8.08. The summed E-state index contributed by atoms with van der Waals surface area (Å²) in [4.78, 5) is 15.8. The van der Waals surface area contributed by atoms with Crippen LogP contribution in [0.5, 0.6) is 0 Å². The molecule has 0 spiro atoms. The van der Waals surface area contributed by atoms with Crippen molar-refractivity contribution in [2.45, 2.75) is 13.5 Å². The summed E-state index contributed by atoms with van der Waals surface area (Å²) in [5.41, 5.74) is 3.36. The number of carbonyl (C=O) groups is 1. The summed E-state index contributed by atoms with van der Waals surface area (Å²) >= 11 is 1.81. The number of amides is 1. The first-order chi connectivity index (χ1) is 8.31. The van der Waals surface area contributed by atoms with E-state index in [-0.39, 0.29) is 0 Å². The smallest absolute Gasteiger partial charge is 0.207 e. The number of benzene rings is 1. The van der Waals surface area contributed by atoms with Gasteiger partial charge in [-0.05, 0) is 18.1 Å². The minimum Gasteiger partial charge on any atom is -0.355 e. The molecule has 1 N–H and O–H groups in total. The molecule has 0 saturated heterocycles. The number of hydrogen-bond acceptors (Lipinski definition) is 3. The lowest BCUT2D eigenvalue weighted by Crippen LogP contribution is -2.09. The van der Waals surface area contributed by atoms with Crippen molar-refractivity contribution in [1.29, 1.82) is 0 Å². The van der Waals surface area contributed by atoms with E-state index in [9.17, 15) is 4.79 Å². The molecule has 3 nitrogen and oxygen atoms in total. The van der Waals surface area contributed by atoms with Gasteiger partial charge in [0.2, 0.25) is 6.41 Å². The molecule has 1 amide bonds. The molecule has 0 fully saturated rings. The second-order valence-corrected chi connectivity index (χ2v) is 4.76. The number of rotatable bonds is 4. The highest BCUT2D eigenvalue weighted by Gasteiger charge is 2.09. The molecule has 0 aromatic heterocycles. The van der Waals surface area contributed by atoms with Gasteiger partial charge in [0.25, 0.3) is 0 Å². The zero-order valence-corrected chi connectivity index (χ0v) is 10.5. The summed E-state index contributed by atoms with van der Waals surface area (Å²) in [5.74, 6) is 0.932. The van der Waals surface area contributed by atoms with Crippen molar-refractivity contribution in [2.24, 2.45) is 4.99 Å². The van der Waals surface area contributed by atoms with E-state index in [0.717, 1.165) is 17.0 Å². The second-order valence-electron chi connectivity index (χ2n) is 3.73. The lowest BCUT2D eigenvalue weighted by molar-refractivity contribution is -0.109. The van der Waals surface area contributed by atoms with Crippen molar-refractivity contribution in [3.63, 3.8) is 0 Å². The number of nitrogens with one attached hydrogen (secondary N) is 1. The van der Waals surface area contributed by atoms with Crippen molar-refractivity contribution in [3.05, 3.63) is 41.1 Å². The van der Waals surface area contributed by atoms with Gasteiger partial charge in [0.1, 0.15) is 0 Å². The molecule has 1 aliphatic rings. The van der Waals surface area contributed by atoms with Gasteiger partial charge in [-0.3, -0.25) is 9.79 Å². The van der Waals surface area contributed by atoms with Crippen LogP contribution in [-0.4, -0.2) is 18.4 Å². The van der Waals surface area contributed by atoms with Crippen LogP contribution in [0.1, 0.15) is 18.1 Å². The van der Waals surface area contributed by atoms with Gasteiger partial charge in [0.15, 0.2) is 0 Å². The van der Waals surface area contributed by atoms with Crippen molar-refractivity contribution in [3.8, 4) is 0 Å². The van der Waals surface area contributed by atoms with E-state index < -0.39 is 0 Å². The molecule has 1 aliphatic heterocycles. The Morgan fingerprint density at radius 1 is 1.41 bits per heavy atom. The molecular formula is C13H14N2OS. The predicted octanol–water partition coefficient (Wildman–Crippen LogP) is 2.44. The molecule has 88 valence electrons. The van der Waals surface area contributed by atoms with Crippen LogP contribution in [0, 0.1) is 0 Å². The topological polar surface area (TPSA) is 41.5 Å². The first-order valence-electron chi connectivity index (χ1n) is 5.44. The van der Waals surface area contributed by atoms with Gasteiger partial charge in [0, 0.05) is 23.4 Å². The van der Waals surface area contributed by atoms with E-state index >= 15 is 0 Å². The van der Waals surface area contributed by atoms with Gasteiger partial charge in [-0.15, -0.1) is 11.8 Å². The molecule has 0 radical (unpaired) electrons. The third kappa shape index (κ3) is 2.97. The maximum atomic E-state index is 10.2. The molecule has 0 bridgehead atoms. The Labute approximate surface area is 105 Å². The third-order valence-corrected chi connectivity index (χ3v) is 3.66. The van der Waals surface area contributed by atoms with Crippen molar-refractivity contribution < 1.29 is 4.79 Å². The summed E-state index contributed by atoms with van der Waals surface area (Å²) in [5, 5.41) is 2.65. The maximum absolute atomic E-state index is 10.2. The Morgan fingerprint density at radius 2 is 2.18 bits per heavy atom. The lowest BCUT2D eigenvalue weighted by atomic mass is 10.1. The number of hydrogen-bond donors (Lipinski definition) is 1. The molecule has 0 atom stereocenters.